The molecule has 1 heterocycles. The fourth-order valence-corrected chi connectivity index (χ4v) is 3.63. The SMILES string of the molecule is CC(=O)c1ccc(-c2ccc([C@H](N[C@@H](CC(C)C)C(=O)NC3(C#N)CC3)C(F)(F)F)nc2)cc1. The number of alkyl halides is 3. The number of nitrogens with zero attached hydrogens (tertiary/aromatic N) is 2. The molecule has 0 spiro atoms. The van der Waals surface area contributed by atoms with Crippen LogP contribution in [0, 0.1) is 17.2 Å². The number of hydrogen-bond acceptors (Lipinski definition) is 5. The van der Waals surface area contributed by atoms with Gasteiger partial charge in [0.15, 0.2) is 5.78 Å². The molecule has 1 aromatic heterocycles. The number of aromatic nitrogens is 1. The molecule has 0 unspecified atom stereocenters. The predicted molar refractivity (Wildman–Crippen MR) is 121 cm³/mol. The third kappa shape index (κ3) is 6.20. The summed E-state index contributed by atoms with van der Waals surface area (Å²) in [5.41, 5.74) is 0.609. The second-order valence-corrected chi connectivity index (χ2v) is 9.11. The van der Waals surface area contributed by atoms with Gasteiger partial charge in [-0.05, 0) is 43.7 Å². The van der Waals surface area contributed by atoms with Crippen molar-refractivity contribution in [3.63, 3.8) is 0 Å². The normalized spacial score (nSPS) is 16.4. The van der Waals surface area contributed by atoms with Crippen molar-refractivity contribution in [2.45, 2.75) is 63.8 Å². The molecule has 6 nitrogen and oxygen atoms in total. The van der Waals surface area contributed by atoms with E-state index in [1.807, 2.05) is 19.9 Å². The number of halogens is 3. The Kier molecular flexibility index (Phi) is 7.41. The molecule has 0 radical (unpaired) electrons. The summed E-state index contributed by atoms with van der Waals surface area (Å²) in [6.45, 7) is 5.07. The van der Waals surface area contributed by atoms with E-state index in [1.165, 1.54) is 25.3 Å². The summed E-state index contributed by atoms with van der Waals surface area (Å²) < 4.78 is 42.0. The van der Waals surface area contributed by atoms with Crippen molar-refractivity contribution in [1.82, 2.24) is 15.6 Å². The first kappa shape index (κ1) is 25.4. The average molecular weight is 473 g/mol. The maximum Gasteiger partial charge on any atom is 0.409 e. The van der Waals surface area contributed by atoms with E-state index in [4.69, 9.17) is 0 Å². The van der Waals surface area contributed by atoms with Crippen LogP contribution in [-0.2, 0) is 4.79 Å². The van der Waals surface area contributed by atoms with E-state index in [0.717, 1.165) is 0 Å². The second kappa shape index (κ2) is 9.94. The summed E-state index contributed by atoms with van der Waals surface area (Å²) in [7, 11) is 0. The molecule has 0 bridgehead atoms. The van der Waals surface area contributed by atoms with Crippen LogP contribution in [0.25, 0.3) is 11.1 Å². The number of amides is 1. The summed E-state index contributed by atoms with van der Waals surface area (Å²) in [6.07, 6.45) is -2.21. The Morgan fingerprint density at radius 2 is 1.74 bits per heavy atom. The van der Waals surface area contributed by atoms with E-state index in [-0.39, 0.29) is 23.8 Å². The van der Waals surface area contributed by atoms with Crippen molar-refractivity contribution in [3.05, 3.63) is 53.9 Å². The molecule has 1 aliphatic rings. The van der Waals surface area contributed by atoms with Crippen molar-refractivity contribution in [2.24, 2.45) is 5.92 Å². The number of rotatable bonds is 9. The van der Waals surface area contributed by atoms with Gasteiger partial charge in [0.1, 0.15) is 11.6 Å². The minimum Gasteiger partial charge on any atom is -0.336 e. The molecule has 1 fully saturated rings. The van der Waals surface area contributed by atoms with Crippen molar-refractivity contribution >= 4 is 11.7 Å². The molecular weight excluding hydrogens is 445 g/mol. The highest BCUT2D eigenvalue weighted by Gasteiger charge is 2.47. The van der Waals surface area contributed by atoms with Crippen molar-refractivity contribution in [2.75, 3.05) is 0 Å². The van der Waals surface area contributed by atoms with Gasteiger partial charge in [0.05, 0.1) is 17.8 Å². The first-order chi connectivity index (χ1) is 15.9. The lowest BCUT2D eigenvalue weighted by Gasteiger charge is -2.28. The molecular formula is C25H27F3N4O2. The molecule has 9 heteroatoms. The highest BCUT2D eigenvalue weighted by Crippen LogP contribution is 2.36. The predicted octanol–water partition coefficient (Wildman–Crippen LogP) is 4.73. The molecule has 2 aromatic rings. The van der Waals surface area contributed by atoms with Gasteiger partial charge in [-0.2, -0.15) is 18.4 Å². The second-order valence-electron chi connectivity index (χ2n) is 9.11. The third-order valence-electron chi connectivity index (χ3n) is 5.75. The number of nitriles is 1. The van der Waals surface area contributed by atoms with E-state index in [0.29, 0.717) is 29.5 Å². The Balaban J connectivity index is 1.83. The topological polar surface area (TPSA) is 94.9 Å². The molecule has 0 aliphatic heterocycles. The van der Waals surface area contributed by atoms with E-state index >= 15 is 0 Å². The molecule has 1 amide bonds. The van der Waals surface area contributed by atoms with Crippen LogP contribution in [0.4, 0.5) is 13.2 Å². The van der Waals surface area contributed by atoms with Gasteiger partial charge in [0, 0.05) is 17.3 Å². The minimum absolute atomic E-state index is 0.0531. The maximum atomic E-state index is 14.0. The van der Waals surface area contributed by atoms with Crippen LogP contribution in [0.2, 0.25) is 0 Å². The molecule has 2 N–H and O–H groups in total. The van der Waals surface area contributed by atoms with Gasteiger partial charge in [-0.15, -0.1) is 0 Å². The number of hydrogen-bond donors (Lipinski definition) is 2. The Hall–Kier alpha value is -3.25. The number of nitrogens with one attached hydrogen (secondary N) is 2. The molecule has 1 saturated carbocycles. The monoisotopic (exact) mass is 472 g/mol. The Morgan fingerprint density at radius 1 is 1.12 bits per heavy atom. The van der Waals surface area contributed by atoms with E-state index in [1.54, 1.807) is 24.3 Å². The van der Waals surface area contributed by atoms with E-state index in [9.17, 15) is 28.0 Å². The van der Waals surface area contributed by atoms with Gasteiger partial charge in [-0.1, -0.05) is 44.2 Å². The van der Waals surface area contributed by atoms with E-state index in [2.05, 4.69) is 15.6 Å². The Bertz CT molecular complexity index is 1070. The maximum absolute atomic E-state index is 14.0. The highest BCUT2D eigenvalue weighted by atomic mass is 19.4. The summed E-state index contributed by atoms with van der Waals surface area (Å²) >= 11 is 0. The van der Waals surface area contributed by atoms with Crippen LogP contribution in [0.3, 0.4) is 0 Å². The Morgan fingerprint density at radius 3 is 2.18 bits per heavy atom. The lowest BCUT2D eigenvalue weighted by atomic mass is 10.00. The summed E-state index contributed by atoms with van der Waals surface area (Å²) in [5.74, 6) is -0.756. The zero-order valence-corrected chi connectivity index (χ0v) is 19.2. The van der Waals surface area contributed by atoms with Crippen LogP contribution < -0.4 is 10.6 Å². The quantitative estimate of drug-likeness (QED) is 0.515. The lowest BCUT2D eigenvalue weighted by Crippen LogP contribution is -2.52. The van der Waals surface area contributed by atoms with Gasteiger partial charge in [0.2, 0.25) is 5.91 Å². The average Bonchev–Trinajstić information content (AvgIpc) is 3.55. The van der Waals surface area contributed by atoms with Gasteiger partial charge in [-0.3, -0.25) is 19.9 Å². The first-order valence-corrected chi connectivity index (χ1v) is 11.1. The molecule has 0 saturated heterocycles. The first-order valence-electron chi connectivity index (χ1n) is 11.1. The molecule has 1 aliphatic carbocycles. The molecule has 2 atom stereocenters. The van der Waals surface area contributed by atoms with Gasteiger partial charge in [-0.25, -0.2) is 0 Å². The molecule has 34 heavy (non-hydrogen) atoms. The number of benzene rings is 1. The van der Waals surface area contributed by atoms with Gasteiger partial charge >= 0.3 is 6.18 Å². The number of carbonyl (C=O) groups is 2. The lowest BCUT2D eigenvalue weighted by molar-refractivity contribution is -0.162. The zero-order valence-electron chi connectivity index (χ0n) is 19.2. The van der Waals surface area contributed by atoms with Crippen LogP contribution >= 0.6 is 0 Å². The molecule has 180 valence electrons. The number of ketones is 1. The van der Waals surface area contributed by atoms with Gasteiger partial charge < -0.3 is 5.32 Å². The Labute approximate surface area is 196 Å². The minimum atomic E-state index is -4.69. The van der Waals surface area contributed by atoms with Crippen molar-refractivity contribution < 1.29 is 22.8 Å². The number of pyridine rings is 1. The van der Waals surface area contributed by atoms with Crippen LogP contribution in [0.15, 0.2) is 42.6 Å². The molecule has 3 rings (SSSR count). The third-order valence-corrected chi connectivity index (χ3v) is 5.75. The fraction of sp³-hybridized carbons (Fsp3) is 0.440. The van der Waals surface area contributed by atoms with Crippen LogP contribution in [0.5, 0.6) is 0 Å². The highest BCUT2D eigenvalue weighted by molar-refractivity contribution is 5.94. The smallest absolute Gasteiger partial charge is 0.336 e. The zero-order chi connectivity index (χ0) is 25.1. The van der Waals surface area contributed by atoms with Crippen molar-refractivity contribution in [3.8, 4) is 17.2 Å². The summed E-state index contributed by atoms with van der Waals surface area (Å²) in [5, 5.41) is 14.3. The molecule has 1 aromatic carbocycles. The summed E-state index contributed by atoms with van der Waals surface area (Å²) in [6, 6.07) is 8.24. The number of carbonyl (C=O) groups excluding carboxylic acids is 2. The summed E-state index contributed by atoms with van der Waals surface area (Å²) in [4.78, 5) is 28.2. The van der Waals surface area contributed by atoms with Gasteiger partial charge in [0.25, 0.3) is 0 Å². The van der Waals surface area contributed by atoms with E-state index < -0.39 is 29.7 Å². The largest absolute Gasteiger partial charge is 0.409 e. The van der Waals surface area contributed by atoms with Crippen LogP contribution in [-0.4, -0.2) is 34.4 Å². The standard InChI is InChI=1S/C25H27F3N4O2/c1-15(2)12-21(23(34)32-24(14-29)10-11-24)31-22(25(26,27)28)20-9-8-19(13-30-20)18-6-4-17(5-7-18)16(3)33/h4-9,13,15,21-22,31H,10-12H2,1-3H3,(H,32,34)/t21-,22-/m0/s1. The van der Waals surface area contributed by atoms with Crippen LogP contribution in [0.1, 0.15) is 62.1 Å². The number of Topliss-reactive ketones (excluding diaryl/α,β-unsaturated/α-hetero) is 1. The van der Waals surface area contributed by atoms with Crippen molar-refractivity contribution in [1.29, 1.82) is 5.26 Å². The fourth-order valence-electron chi connectivity index (χ4n) is 3.63.